The van der Waals surface area contributed by atoms with Gasteiger partial charge in [0.05, 0.1) is 3.79 Å². The highest BCUT2D eigenvalue weighted by Crippen LogP contribution is 2.23. The molecule has 3 nitrogen and oxygen atoms in total. The van der Waals surface area contributed by atoms with Gasteiger partial charge in [-0.25, -0.2) is 4.79 Å². The number of ether oxygens (including phenoxy) is 1. The van der Waals surface area contributed by atoms with Crippen LogP contribution < -0.4 is 4.74 Å². The Balaban J connectivity index is 1.97. The van der Waals surface area contributed by atoms with Gasteiger partial charge < -0.3 is 4.74 Å². The molecule has 0 unspecified atom stereocenters. The predicted molar refractivity (Wildman–Crippen MR) is 83.1 cm³/mol. The summed E-state index contributed by atoms with van der Waals surface area (Å²) >= 11 is 4.88. The minimum Gasteiger partial charge on any atom is -0.423 e. The van der Waals surface area contributed by atoms with Crippen molar-refractivity contribution in [3.05, 3.63) is 56.7 Å². The smallest absolute Gasteiger partial charge is 0.336 e. The first-order valence-corrected chi connectivity index (χ1v) is 7.42. The molecular formula is C15H11BrO3S. The Morgan fingerprint density at radius 1 is 1.15 bits per heavy atom. The number of hydrogen-bond acceptors (Lipinski definition) is 4. The maximum Gasteiger partial charge on any atom is 0.336 e. The first-order valence-electron chi connectivity index (χ1n) is 5.81. The summed E-state index contributed by atoms with van der Waals surface area (Å²) < 4.78 is 6.14. The van der Waals surface area contributed by atoms with Crippen LogP contribution in [0.25, 0.3) is 6.08 Å². The molecule has 102 valence electrons. The SMILES string of the molecule is CC(=O)c1ccc(OC(=O)/C=C/c2ccc(Br)s2)cc1. The topological polar surface area (TPSA) is 43.4 Å². The number of halogens is 1. The predicted octanol–water partition coefficient (Wildman–Crippen LogP) is 4.33. The molecule has 1 aromatic carbocycles. The summed E-state index contributed by atoms with van der Waals surface area (Å²) in [4.78, 5) is 23.7. The van der Waals surface area contributed by atoms with Gasteiger partial charge in [-0.15, -0.1) is 11.3 Å². The van der Waals surface area contributed by atoms with E-state index in [2.05, 4.69) is 15.9 Å². The lowest BCUT2D eigenvalue weighted by molar-refractivity contribution is -0.128. The van der Waals surface area contributed by atoms with E-state index in [1.165, 1.54) is 24.3 Å². The summed E-state index contributed by atoms with van der Waals surface area (Å²) in [6.45, 7) is 1.49. The van der Waals surface area contributed by atoms with Gasteiger partial charge in [0, 0.05) is 16.5 Å². The first kappa shape index (κ1) is 14.7. The van der Waals surface area contributed by atoms with Gasteiger partial charge in [-0.3, -0.25) is 4.79 Å². The van der Waals surface area contributed by atoms with Crippen LogP contribution in [0.1, 0.15) is 22.2 Å². The molecule has 0 bridgehead atoms. The lowest BCUT2D eigenvalue weighted by Gasteiger charge is -2.01. The second-order valence-electron chi connectivity index (χ2n) is 3.98. The molecule has 0 amide bonds. The largest absolute Gasteiger partial charge is 0.423 e. The maximum absolute atomic E-state index is 11.6. The monoisotopic (exact) mass is 350 g/mol. The number of esters is 1. The molecule has 0 fully saturated rings. The van der Waals surface area contributed by atoms with Crippen LogP contribution >= 0.6 is 27.3 Å². The first-order chi connectivity index (χ1) is 9.54. The summed E-state index contributed by atoms with van der Waals surface area (Å²) in [6, 6.07) is 10.3. The van der Waals surface area contributed by atoms with E-state index in [9.17, 15) is 9.59 Å². The van der Waals surface area contributed by atoms with E-state index in [-0.39, 0.29) is 5.78 Å². The van der Waals surface area contributed by atoms with Crippen LogP contribution in [-0.4, -0.2) is 11.8 Å². The zero-order chi connectivity index (χ0) is 14.5. The van der Waals surface area contributed by atoms with Crippen molar-refractivity contribution in [2.75, 3.05) is 0 Å². The Hall–Kier alpha value is -1.72. The average Bonchev–Trinajstić information content (AvgIpc) is 2.83. The van der Waals surface area contributed by atoms with Crippen LogP contribution in [-0.2, 0) is 4.79 Å². The van der Waals surface area contributed by atoms with Gasteiger partial charge in [-0.05, 0) is 65.3 Å². The van der Waals surface area contributed by atoms with Gasteiger partial charge in [0.2, 0.25) is 0 Å². The van der Waals surface area contributed by atoms with Crippen LogP contribution in [0.5, 0.6) is 5.75 Å². The summed E-state index contributed by atoms with van der Waals surface area (Å²) in [5, 5.41) is 0. The van der Waals surface area contributed by atoms with E-state index in [1.54, 1.807) is 30.3 Å². The van der Waals surface area contributed by atoms with Crippen molar-refractivity contribution in [1.82, 2.24) is 0 Å². The Kier molecular flexibility index (Phi) is 4.87. The summed E-state index contributed by atoms with van der Waals surface area (Å²) in [6.07, 6.45) is 3.07. The van der Waals surface area contributed by atoms with Gasteiger partial charge in [0.1, 0.15) is 5.75 Å². The zero-order valence-corrected chi connectivity index (χ0v) is 13.0. The Morgan fingerprint density at radius 3 is 2.40 bits per heavy atom. The number of Topliss-reactive ketones (excluding diaryl/α,β-unsaturated/α-hetero) is 1. The van der Waals surface area contributed by atoms with Crippen LogP contribution in [0.15, 0.2) is 46.3 Å². The number of rotatable bonds is 4. The van der Waals surface area contributed by atoms with Crippen molar-refractivity contribution >= 4 is 45.1 Å². The molecule has 2 rings (SSSR count). The van der Waals surface area contributed by atoms with Gasteiger partial charge in [0.25, 0.3) is 0 Å². The highest BCUT2D eigenvalue weighted by Gasteiger charge is 2.03. The van der Waals surface area contributed by atoms with Gasteiger partial charge in [-0.1, -0.05) is 0 Å². The molecule has 0 aliphatic rings. The van der Waals surface area contributed by atoms with E-state index in [0.717, 1.165) is 8.66 Å². The van der Waals surface area contributed by atoms with Crippen LogP contribution in [0, 0.1) is 0 Å². The quantitative estimate of drug-likeness (QED) is 0.356. The maximum atomic E-state index is 11.6. The number of thiophene rings is 1. The summed E-state index contributed by atoms with van der Waals surface area (Å²) in [7, 11) is 0. The third-order valence-electron chi connectivity index (χ3n) is 2.46. The minimum atomic E-state index is -0.454. The highest BCUT2D eigenvalue weighted by atomic mass is 79.9. The van der Waals surface area contributed by atoms with Gasteiger partial charge in [0.15, 0.2) is 5.78 Å². The Labute approximate surface area is 129 Å². The molecule has 2 aromatic rings. The molecule has 5 heteroatoms. The lowest BCUT2D eigenvalue weighted by Crippen LogP contribution is -2.03. The second kappa shape index (κ2) is 6.63. The van der Waals surface area contributed by atoms with E-state index in [0.29, 0.717) is 11.3 Å². The van der Waals surface area contributed by atoms with E-state index < -0.39 is 5.97 Å². The number of carbonyl (C=O) groups excluding carboxylic acids is 2. The van der Waals surface area contributed by atoms with Crippen molar-refractivity contribution in [2.24, 2.45) is 0 Å². The fraction of sp³-hybridized carbons (Fsp3) is 0.0667. The molecule has 0 radical (unpaired) electrons. The normalized spacial score (nSPS) is 10.7. The number of hydrogen-bond donors (Lipinski definition) is 0. The summed E-state index contributed by atoms with van der Waals surface area (Å²) in [5.41, 5.74) is 0.587. The molecular weight excluding hydrogens is 340 g/mol. The molecule has 0 aliphatic heterocycles. The molecule has 0 spiro atoms. The van der Waals surface area contributed by atoms with E-state index >= 15 is 0 Å². The molecule has 0 N–H and O–H groups in total. The zero-order valence-electron chi connectivity index (χ0n) is 10.6. The summed E-state index contributed by atoms with van der Waals surface area (Å²) in [5.74, 6) is -0.0619. The van der Waals surface area contributed by atoms with Gasteiger partial charge in [-0.2, -0.15) is 0 Å². The van der Waals surface area contributed by atoms with Crippen molar-refractivity contribution in [3.8, 4) is 5.75 Å². The Bertz CT molecular complexity index is 656. The van der Waals surface area contributed by atoms with Crippen LogP contribution in [0.4, 0.5) is 0 Å². The number of carbonyl (C=O) groups is 2. The fourth-order valence-electron chi connectivity index (χ4n) is 1.48. The van der Waals surface area contributed by atoms with E-state index in [4.69, 9.17) is 4.74 Å². The number of ketones is 1. The highest BCUT2D eigenvalue weighted by molar-refractivity contribution is 9.11. The van der Waals surface area contributed by atoms with Gasteiger partial charge >= 0.3 is 5.97 Å². The van der Waals surface area contributed by atoms with Crippen LogP contribution in [0.2, 0.25) is 0 Å². The Morgan fingerprint density at radius 2 is 1.85 bits per heavy atom. The van der Waals surface area contributed by atoms with Crippen molar-refractivity contribution < 1.29 is 14.3 Å². The standard InChI is InChI=1S/C15H11BrO3S/c1-10(17)11-2-4-12(5-3-11)19-15(18)9-7-13-6-8-14(16)20-13/h2-9H,1H3/b9-7+. The van der Waals surface area contributed by atoms with E-state index in [1.807, 2.05) is 12.1 Å². The molecule has 0 atom stereocenters. The van der Waals surface area contributed by atoms with Crippen LogP contribution in [0.3, 0.4) is 0 Å². The average molecular weight is 351 g/mol. The molecule has 0 saturated carbocycles. The molecule has 1 heterocycles. The molecule has 0 aliphatic carbocycles. The third kappa shape index (κ3) is 4.15. The fourth-order valence-corrected chi connectivity index (χ4v) is 2.80. The third-order valence-corrected chi connectivity index (χ3v) is 4.05. The van der Waals surface area contributed by atoms with Crippen molar-refractivity contribution in [3.63, 3.8) is 0 Å². The molecule has 1 aromatic heterocycles. The minimum absolute atomic E-state index is 0.0222. The molecule has 20 heavy (non-hydrogen) atoms. The molecule has 0 saturated heterocycles. The number of benzene rings is 1. The van der Waals surface area contributed by atoms with Crippen molar-refractivity contribution in [1.29, 1.82) is 0 Å². The second-order valence-corrected chi connectivity index (χ2v) is 6.47. The van der Waals surface area contributed by atoms with Crippen molar-refractivity contribution in [2.45, 2.75) is 6.92 Å². The lowest BCUT2D eigenvalue weighted by atomic mass is 10.1.